The number of hydrogen-bond acceptors (Lipinski definition) is 3. The number of rotatable bonds is 4. The van der Waals surface area contributed by atoms with Crippen LogP contribution >= 0.6 is 0 Å². The number of aliphatic hydroxyl groups excluding tert-OH is 1. The van der Waals surface area contributed by atoms with E-state index in [2.05, 4.69) is 5.32 Å². The quantitative estimate of drug-likeness (QED) is 0.800. The third-order valence-electron chi connectivity index (χ3n) is 3.15. The average Bonchev–Trinajstić information content (AvgIpc) is 2.25. The van der Waals surface area contributed by atoms with Gasteiger partial charge in [-0.05, 0) is 38.1 Å². The molecule has 1 rings (SSSR count). The lowest BCUT2D eigenvalue weighted by molar-refractivity contribution is -0.157. The van der Waals surface area contributed by atoms with Crippen molar-refractivity contribution in [1.82, 2.24) is 5.32 Å². The van der Waals surface area contributed by atoms with Crippen molar-refractivity contribution >= 4 is 0 Å². The van der Waals surface area contributed by atoms with E-state index in [1.807, 2.05) is 0 Å². The van der Waals surface area contributed by atoms with E-state index in [0.717, 1.165) is 12.8 Å². The van der Waals surface area contributed by atoms with Crippen molar-refractivity contribution in [3.63, 3.8) is 0 Å². The summed E-state index contributed by atoms with van der Waals surface area (Å²) in [5.41, 5.74) is 0. The van der Waals surface area contributed by atoms with Crippen LogP contribution in [0.1, 0.15) is 25.7 Å². The second-order valence-electron chi connectivity index (χ2n) is 4.56. The van der Waals surface area contributed by atoms with E-state index >= 15 is 0 Å². The van der Waals surface area contributed by atoms with Gasteiger partial charge in [0.1, 0.15) is 0 Å². The lowest BCUT2D eigenvalue weighted by Crippen LogP contribution is -2.36. The van der Waals surface area contributed by atoms with Crippen molar-refractivity contribution in [2.75, 3.05) is 13.1 Å². The fourth-order valence-electron chi connectivity index (χ4n) is 2.02. The minimum absolute atomic E-state index is 0.256. The smallest absolute Gasteiger partial charge is 0.393 e. The molecule has 1 atom stereocenters. The molecule has 6 heteroatoms. The molecule has 0 radical (unpaired) electrons. The SMILES string of the molecule is N#CC(CNCC1CCC(O)CC1)C(F)(F)F. The Hall–Kier alpha value is -0.800. The fourth-order valence-corrected chi connectivity index (χ4v) is 2.02. The van der Waals surface area contributed by atoms with Gasteiger partial charge in [-0.25, -0.2) is 0 Å². The monoisotopic (exact) mass is 250 g/mol. The van der Waals surface area contributed by atoms with Crippen LogP contribution in [0.3, 0.4) is 0 Å². The average molecular weight is 250 g/mol. The van der Waals surface area contributed by atoms with E-state index in [4.69, 9.17) is 5.26 Å². The maximum absolute atomic E-state index is 12.2. The first-order valence-electron chi connectivity index (χ1n) is 5.78. The first kappa shape index (κ1) is 14.3. The molecule has 0 amide bonds. The van der Waals surface area contributed by atoms with Crippen LogP contribution in [0.4, 0.5) is 13.2 Å². The summed E-state index contributed by atoms with van der Waals surface area (Å²) >= 11 is 0. The molecule has 0 aliphatic heterocycles. The largest absolute Gasteiger partial charge is 0.405 e. The van der Waals surface area contributed by atoms with Crippen LogP contribution in [0.2, 0.25) is 0 Å². The number of nitriles is 1. The Balaban J connectivity index is 2.21. The molecular weight excluding hydrogens is 233 g/mol. The number of hydrogen-bond donors (Lipinski definition) is 2. The van der Waals surface area contributed by atoms with E-state index in [1.165, 1.54) is 6.07 Å². The third kappa shape index (κ3) is 4.92. The van der Waals surface area contributed by atoms with Gasteiger partial charge in [-0.1, -0.05) is 0 Å². The second kappa shape index (κ2) is 6.22. The lowest BCUT2D eigenvalue weighted by Gasteiger charge is -2.26. The number of nitrogens with one attached hydrogen (secondary N) is 1. The molecule has 0 aromatic heterocycles. The van der Waals surface area contributed by atoms with Crippen molar-refractivity contribution < 1.29 is 18.3 Å². The van der Waals surface area contributed by atoms with Crippen molar-refractivity contribution in [1.29, 1.82) is 5.26 Å². The van der Waals surface area contributed by atoms with Crippen LogP contribution in [0.15, 0.2) is 0 Å². The van der Waals surface area contributed by atoms with Gasteiger partial charge in [-0.15, -0.1) is 0 Å². The summed E-state index contributed by atoms with van der Waals surface area (Å²) in [6.07, 6.45) is -1.62. The lowest BCUT2D eigenvalue weighted by atomic mass is 9.87. The predicted molar refractivity (Wildman–Crippen MR) is 56.0 cm³/mol. The van der Waals surface area contributed by atoms with Crippen LogP contribution in [-0.2, 0) is 0 Å². The van der Waals surface area contributed by atoms with Crippen molar-refractivity contribution in [3.05, 3.63) is 0 Å². The summed E-state index contributed by atoms with van der Waals surface area (Å²) in [6.45, 7) is 0.139. The van der Waals surface area contributed by atoms with Crippen LogP contribution in [0.5, 0.6) is 0 Å². The highest BCUT2D eigenvalue weighted by atomic mass is 19.4. The zero-order chi connectivity index (χ0) is 12.9. The molecule has 1 aliphatic rings. The highest BCUT2D eigenvalue weighted by Gasteiger charge is 2.39. The number of alkyl halides is 3. The molecular formula is C11H17F3N2O. The molecule has 1 saturated carbocycles. The summed E-state index contributed by atoms with van der Waals surface area (Å²) in [5.74, 6) is -1.62. The van der Waals surface area contributed by atoms with Crippen molar-refractivity contribution in [2.24, 2.45) is 11.8 Å². The van der Waals surface area contributed by atoms with Crippen LogP contribution < -0.4 is 5.32 Å². The summed E-state index contributed by atoms with van der Waals surface area (Å²) in [6, 6.07) is 1.26. The molecule has 1 fully saturated rings. The number of aliphatic hydroxyl groups is 1. The van der Waals surface area contributed by atoms with Gasteiger partial charge < -0.3 is 10.4 Å². The van der Waals surface area contributed by atoms with Gasteiger partial charge in [-0.2, -0.15) is 18.4 Å². The fraction of sp³-hybridized carbons (Fsp3) is 0.909. The van der Waals surface area contributed by atoms with Crippen LogP contribution in [0, 0.1) is 23.2 Å². The van der Waals surface area contributed by atoms with E-state index in [-0.39, 0.29) is 12.6 Å². The maximum Gasteiger partial charge on any atom is 0.405 e. The van der Waals surface area contributed by atoms with Crippen molar-refractivity contribution in [3.8, 4) is 6.07 Å². The second-order valence-corrected chi connectivity index (χ2v) is 4.56. The minimum atomic E-state index is -4.45. The van der Waals surface area contributed by atoms with Gasteiger partial charge in [-0.3, -0.25) is 0 Å². The Morgan fingerprint density at radius 2 is 1.88 bits per heavy atom. The number of halogens is 3. The molecule has 98 valence electrons. The first-order chi connectivity index (χ1) is 7.93. The normalized spacial score (nSPS) is 27.5. The molecule has 0 aromatic rings. The Kier molecular flexibility index (Phi) is 5.22. The highest BCUT2D eigenvalue weighted by Crippen LogP contribution is 2.26. The van der Waals surface area contributed by atoms with Gasteiger partial charge >= 0.3 is 6.18 Å². The Labute approximate surface area is 98.6 Å². The van der Waals surface area contributed by atoms with Crippen LogP contribution in [0.25, 0.3) is 0 Å². The third-order valence-corrected chi connectivity index (χ3v) is 3.15. The van der Waals surface area contributed by atoms with Gasteiger partial charge in [0.2, 0.25) is 0 Å². The van der Waals surface area contributed by atoms with Gasteiger partial charge in [0, 0.05) is 6.54 Å². The zero-order valence-corrected chi connectivity index (χ0v) is 9.50. The molecule has 3 nitrogen and oxygen atoms in total. The van der Waals surface area contributed by atoms with Gasteiger partial charge in [0.05, 0.1) is 12.2 Å². The zero-order valence-electron chi connectivity index (χ0n) is 9.50. The van der Waals surface area contributed by atoms with E-state index < -0.39 is 12.1 Å². The van der Waals surface area contributed by atoms with Crippen LogP contribution in [-0.4, -0.2) is 30.5 Å². The summed E-state index contributed by atoms with van der Waals surface area (Å²) in [4.78, 5) is 0. The molecule has 0 bridgehead atoms. The number of nitrogens with zero attached hydrogens (tertiary/aromatic N) is 1. The topological polar surface area (TPSA) is 56.0 Å². The Morgan fingerprint density at radius 1 is 1.29 bits per heavy atom. The molecule has 0 saturated heterocycles. The summed E-state index contributed by atoms with van der Waals surface area (Å²) in [7, 11) is 0. The molecule has 0 spiro atoms. The van der Waals surface area contributed by atoms with Gasteiger partial charge in [0.25, 0.3) is 0 Å². The van der Waals surface area contributed by atoms with E-state index in [1.54, 1.807) is 0 Å². The van der Waals surface area contributed by atoms with E-state index in [9.17, 15) is 18.3 Å². The summed E-state index contributed by atoms with van der Waals surface area (Å²) in [5, 5.41) is 20.4. The Morgan fingerprint density at radius 3 is 2.35 bits per heavy atom. The van der Waals surface area contributed by atoms with Crippen molar-refractivity contribution in [2.45, 2.75) is 38.0 Å². The molecule has 17 heavy (non-hydrogen) atoms. The molecule has 2 N–H and O–H groups in total. The van der Waals surface area contributed by atoms with Gasteiger partial charge in [0.15, 0.2) is 5.92 Å². The standard InChI is InChI=1S/C11H17F3N2O/c12-11(13,14)9(5-15)7-16-6-8-1-3-10(17)4-2-8/h8-10,16-17H,1-4,6-7H2. The highest BCUT2D eigenvalue weighted by molar-refractivity contribution is 4.90. The molecule has 0 aromatic carbocycles. The first-order valence-corrected chi connectivity index (χ1v) is 5.78. The van der Waals surface area contributed by atoms with E-state index in [0.29, 0.717) is 25.3 Å². The summed E-state index contributed by atoms with van der Waals surface area (Å²) < 4.78 is 36.7. The molecule has 1 aliphatic carbocycles. The predicted octanol–water partition coefficient (Wildman–Crippen LogP) is 1.83. The molecule has 1 unspecified atom stereocenters. The molecule has 0 heterocycles. The minimum Gasteiger partial charge on any atom is -0.393 e. The maximum atomic E-state index is 12.2. The Bertz CT molecular complexity index is 267.